The summed E-state index contributed by atoms with van der Waals surface area (Å²) in [5.74, 6) is -0.886. The molecule has 2 aromatic rings. The average molecular weight is 246 g/mol. The first-order valence-electron chi connectivity index (χ1n) is 6.14. The van der Waals surface area contributed by atoms with E-state index < -0.39 is 5.97 Å². The van der Waals surface area contributed by atoms with Crippen LogP contribution < -0.4 is 5.73 Å². The van der Waals surface area contributed by atoms with Crippen LogP contribution in [0.5, 0.6) is 0 Å². The van der Waals surface area contributed by atoms with Crippen LogP contribution in [-0.2, 0) is 13.0 Å². The number of benzene rings is 1. The molecule has 0 spiro atoms. The molecule has 0 radical (unpaired) electrons. The van der Waals surface area contributed by atoms with Crippen molar-refractivity contribution in [2.24, 2.45) is 5.73 Å². The zero-order valence-electron chi connectivity index (χ0n) is 10.7. The summed E-state index contributed by atoms with van der Waals surface area (Å²) in [5, 5.41) is 10.4. The Labute approximate surface area is 106 Å². The average Bonchev–Trinajstić information content (AvgIpc) is 2.66. The lowest BCUT2D eigenvalue weighted by Crippen LogP contribution is -2.10. The van der Waals surface area contributed by atoms with E-state index in [1.165, 1.54) is 5.56 Å². The number of fused-ring (bicyclic) bond motifs is 1. The van der Waals surface area contributed by atoms with Crippen molar-refractivity contribution in [3.05, 3.63) is 35.0 Å². The number of carboxylic acids is 1. The fraction of sp³-hybridized carbons (Fsp3) is 0.357. The monoisotopic (exact) mass is 246 g/mol. The van der Waals surface area contributed by atoms with Crippen LogP contribution in [0.25, 0.3) is 10.9 Å². The second-order valence-electron chi connectivity index (χ2n) is 4.50. The van der Waals surface area contributed by atoms with Crippen LogP contribution in [0.2, 0.25) is 0 Å². The molecule has 0 aliphatic heterocycles. The standard InChI is InChI=1S/C14H18N2O2/c1-3-10-8-16(5-4-15)13-11(10)6-9(2)7-12(13)14(17)18/h6-8H,3-5,15H2,1-2H3,(H,17,18). The summed E-state index contributed by atoms with van der Waals surface area (Å²) >= 11 is 0. The van der Waals surface area contributed by atoms with Crippen molar-refractivity contribution >= 4 is 16.9 Å². The number of carboxylic acid groups (broad SMARTS) is 1. The van der Waals surface area contributed by atoms with E-state index in [-0.39, 0.29) is 0 Å². The van der Waals surface area contributed by atoms with E-state index in [0.717, 1.165) is 22.9 Å². The highest BCUT2D eigenvalue weighted by Gasteiger charge is 2.16. The van der Waals surface area contributed by atoms with Gasteiger partial charge in [0.2, 0.25) is 0 Å². The van der Waals surface area contributed by atoms with E-state index in [1.54, 1.807) is 6.07 Å². The predicted molar refractivity (Wildman–Crippen MR) is 72.1 cm³/mol. The van der Waals surface area contributed by atoms with Crippen molar-refractivity contribution in [3.8, 4) is 0 Å². The number of carbonyl (C=O) groups is 1. The maximum Gasteiger partial charge on any atom is 0.337 e. The fourth-order valence-corrected chi connectivity index (χ4v) is 2.42. The third-order valence-corrected chi connectivity index (χ3v) is 3.18. The van der Waals surface area contributed by atoms with Gasteiger partial charge in [-0.2, -0.15) is 0 Å². The third-order valence-electron chi connectivity index (χ3n) is 3.18. The van der Waals surface area contributed by atoms with Gasteiger partial charge < -0.3 is 15.4 Å². The molecule has 0 bridgehead atoms. The van der Waals surface area contributed by atoms with Gasteiger partial charge in [-0.05, 0) is 36.6 Å². The normalized spacial score (nSPS) is 11.1. The van der Waals surface area contributed by atoms with Crippen LogP contribution in [0.3, 0.4) is 0 Å². The summed E-state index contributed by atoms with van der Waals surface area (Å²) in [5.41, 5.74) is 8.88. The second kappa shape index (κ2) is 4.82. The van der Waals surface area contributed by atoms with Crippen molar-refractivity contribution in [2.75, 3.05) is 6.54 Å². The minimum Gasteiger partial charge on any atom is -0.478 e. The Balaban J connectivity index is 2.82. The van der Waals surface area contributed by atoms with Gasteiger partial charge in [0, 0.05) is 24.7 Å². The molecule has 0 atom stereocenters. The predicted octanol–water partition coefficient (Wildman–Crippen LogP) is 2.17. The van der Waals surface area contributed by atoms with E-state index >= 15 is 0 Å². The number of rotatable bonds is 4. The molecule has 0 amide bonds. The number of aromatic nitrogens is 1. The maximum atomic E-state index is 11.4. The van der Waals surface area contributed by atoms with Gasteiger partial charge in [0.25, 0.3) is 0 Å². The second-order valence-corrected chi connectivity index (χ2v) is 4.50. The molecule has 1 aromatic carbocycles. The number of nitrogens with two attached hydrogens (primary N) is 1. The van der Waals surface area contributed by atoms with E-state index in [1.807, 2.05) is 23.8 Å². The van der Waals surface area contributed by atoms with E-state index in [4.69, 9.17) is 5.73 Å². The van der Waals surface area contributed by atoms with Crippen LogP contribution in [0.1, 0.15) is 28.4 Å². The lowest BCUT2D eigenvalue weighted by Gasteiger charge is -2.07. The molecule has 2 rings (SSSR count). The van der Waals surface area contributed by atoms with Crippen LogP contribution in [0, 0.1) is 6.92 Å². The summed E-state index contributed by atoms with van der Waals surface area (Å²) in [7, 11) is 0. The molecule has 4 heteroatoms. The molecule has 0 fully saturated rings. The van der Waals surface area contributed by atoms with Crippen molar-refractivity contribution in [3.63, 3.8) is 0 Å². The zero-order chi connectivity index (χ0) is 13.3. The summed E-state index contributed by atoms with van der Waals surface area (Å²) < 4.78 is 1.96. The molecular weight excluding hydrogens is 228 g/mol. The Kier molecular flexibility index (Phi) is 3.39. The Hall–Kier alpha value is -1.81. The fourth-order valence-electron chi connectivity index (χ4n) is 2.42. The van der Waals surface area contributed by atoms with E-state index in [2.05, 4.69) is 6.92 Å². The highest BCUT2D eigenvalue weighted by atomic mass is 16.4. The van der Waals surface area contributed by atoms with Gasteiger partial charge in [-0.25, -0.2) is 4.79 Å². The molecule has 1 heterocycles. The molecule has 0 aliphatic carbocycles. The van der Waals surface area contributed by atoms with Crippen molar-refractivity contribution in [2.45, 2.75) is 26.8 Å². The SMILES string of the molecule is CCc1cn(CCN)c2c(C(=O)O)cc(C)cc12. The molecule has 0 unspecified atom stereocenters. The van der Waals surface area contributed by atoms with Gasteiger partial charge in [-0.3, -0.25) is 0 Å². The van der Waals surface area contributed by atoms with Crippen LogP contribution >= 0.6 is 0 Å². The number of aromatic carboxylic acids is 1. The molecular formula is C14H18N2O2. The number of nitrogens with zero attached hydrogens (tertiary/aromatic N) is 1. The van der Waals surface area contributed by atoms with Gasteiger partial charge in [0.15, 0.2) is 0 Å². The number of hydrogen-bond donors (Lipinski definition) is 2. The first-order valence-corrected chi connectivity index (χ1v) is 6.14. The molecule has 4 nitrogen and oxygen atoms in total. The minimum absolute atomic E-state index is 0.359. The van der Waals surface area contributed by atoms with Gasteiger partial charge >= 0.3 is 5.97 Å². The van der Waals surface area contributed by atoms with E-state index in [0.29, 0.717) is 18.7 Å². The topological polar surface area (TPSA) is 68.2 Å². The molecule has 1 aromatic heterocycles. The van der Waals surface area contributed by atoms with Crippen molar-refractivity contribution < 1.29 is 9.90 Å². The summed E-state index contributed by atoms with van der Waals surface area (Å²) in [4.78, 5) is 11.4. The van der Waals surface area contributed by atoms with Crippen molar-refractivity contribution in [1.82, 2.24) is 4.57 Å². The van der Waals surface area contributed by atoms with Crippen LogP contribution in [0.4, 0.5) is 0 Å². The lowest BCUT2D eigenvalue weighted by atomic mass is 10.0. The molecule has 0 saturated heterocycles. The van der Waals surface area contributed by atoms with Gasteiger partial charge in [0.1, 0.15) is 0 Å². The maximum absolute atomic E-state index is 11.4. The number of aryl methyl sites for hydroxylation is 2. The minimum atomic E-state index is -0.886. The zero-order valence-corrected chi connectivity index (χ0v) is 10.7. The molecule has 18 heavy (non-hydrogen) atoms. The Morgan fingerprint density at radius 2 is 2.17 bits per heavy atom. The molecule has 0 saturated carbocycles. The first kappa shape index (κ1) is 12.6. The Morgan fingerprint density at radius 1 is 1.44 bits per heavy atom. The molecule has 3 N–H and O–H groups in total. The third kappa shape index (κ3) is 1.99. The summed E-state index contributed by atoms with van der Waals surface area (Å²) in [6.07, 6.45) is 2.90. The highest BCUT2D eigenvalue weighted by molar-refractivity contribution is 6.03. The lowest BCUT2D eigenvalue weighted by molar-refractivity contribution is 0.0698. The van der Waals surface area contributed by atoms with Gasteiger partial charge in [-0.15, -0.1) is 0 Å². The Morgan fingerprint density at radius 3 is 2.72 bits per heavy atom. The molecule has 96 valence electrons. The quantitative estimate of drug-likeness (QED) is 0.868. The van der Waals surface area contributed by atoms with E-state index in [9.17, 15) is 9.90 Å². The first-order chi connectivity index (χ1) is 8.58. The largest absolute Gasteiger partial charge is 0.478 e. The Bertz CT molecular complexity index is 599. The van der Waals surface area contributed by atoms with Gasteiger partial charge in [0.05, 0.1) is 11.1 Å². The summed E-state index contributed by atoms with van der Waals surface area (Å²) in [6, 6.07) is 3.77. The smallest absolute Gasteiger partial charge is 0.337 e. The summed E-state index contributed by atoms with van der Waals surface area (Å²) in [6.45, 7) is 5.13. The van der Waals surface area contributed by atoms with Crippen LogP contribution in [0.15, 0.2) is 18.3 Å². The number of hydrogen-bond acceptors (Lipinski definition) is 2. The van der Waals surface area contributed by atoms with Crippen LogP contribution in [-0.4, -0.2) is 22.2 Å². The van der Waals surface area contributed by atoms with Gasteiger partial charge in [-0.1, -0.05) is 6.92 Å². The molecule has 0 aliphatic rings. The van der Waals surface area contributed by atoms with Crippen molar-refractivity contribution in [1.29, 1.82) is 0 Å². The highest BCUT2D eigenvalue weighted by Crippen LogP contribution is 2.27.